The number of hydrogen-bond donors (Lipinski definition) is 3. The lowest BCUT2D eigenvalue weighted by atomic mass is 9.51. The van der Waals surface area contributed by atoms with Crippen LogP contribution >= 0.6 is 0 Å². The molecule has 3 aliphatic rings. The average Bonchev–Trinajstić information content (AvgIpc) is 2.89. The summed E-state index contributed by atoms with van der Waals surface area (Å²) in [7, 11) is 0. The van der Waals surface area contributed by atoms with Crippen molar-refractivity contribution >= 4 is 5.96 Å². The Bertz CT molecular complexity index is 428. The van der Waals surface area contributed by atoms with Crippen LogP contribution in [0.3, 0.4) is 0 Å². The summed E-state index contributed by atoms with van der Waals surface area (Å²) in [5, 5.41) is 17.5. The predicted molar refractivity (Wildman–Crippen MR) is 92.6 cm³/mol. The summed E-state index contributed by atoms with van der Waals surface area (Å²) in [6, 6.07) is 0.462. The summed E-state index contributed by atoms with van der Waals surface area (Å²) >= 11 is 0. The van der Waals surface area contributed by atoms with Crippen molar-refractivity contribution in [3.8, 4) is 0 Å². The van der Waals surface area contributed by atoms with E-state index < -0.39 is 5.60 Å². The highest BCUT2D eigenvalue weighted by molar-refractivity contribution is 5.80. The summed E-state index contributed by atoms with van der Waals surface area (Å²) < 4.78 is 5.92. The van der Waals surface area contributed by atoms with Crippen LogP contribution in [0.25, 0.3) is 0 Å². The smallest absolute Gasteiger partial charge is 0.191 e. The zero-order chi connectivity index (χ0) is 16.3. The molecular formula is C18H33N3O2. The Labute approximate surface area is 140 Å². The minimum atomic E-state index is -0.579. The number of aliphatic hydroxyl groups is 1. The van der Waals surface area contributed by atoms with Gasteiger partial charge in [-0.25, -0.2) is 0 Å². The number of guanidine groups is 1. The molecule has 1 spiro atoms. The zero-order valence-corrected chi connectivity index (χ0v) is 14.7. The van der Waals surface area contributed by atoms with Crippen molar-refractivity contribution in [2.24, 2.45) is 10.4 Å². The van der Waals surface area contributed by atoms with Gasteiger partial charge in [0, 0.05) is 24.6 Å². The van der Waals surface area contributed by atoms with E-state index in [0.717, 1.165) is 51.2 Å². The molecule has 2 atom stereocenters. The van der Waals surface area contributed by atoms with E-state index in [1.165, 1.54) is 19.3 Å². The number of rotatable bonds is 6. The Balaban J connectivity index is 1.59. The zero-order valence-electron chi connectivity index (χ0n) is 14.7. The molecule has 3 rings (SSSR count). The molecule has 3 N–H and O–H groups in total. The summed E-state index contributed by atoms with van der Waals surface area (Å²) in [6.07, 6.45) is 9.34. The van der Waals surface area contributed by atoms with Crippen LogP contribution in [0.15, 0.2) is 4.99 Å². The number of ether oxygens (including phenoxy) is 1. The molecule has 3 fully saturated rings. The lowest BCUT2D eigenvalue weighted by Crippen LogP contribution is -2.68. The number of hydrogen-bond acceptors (Lipinski definition) is 3. The minimum absolute atomic E-state index is 0.330. The van der Waals surface area contributed by atoms with Crippen molar-refractivity contribution < 1.29 is 9.84 Å². The van der Waals surface area contributed by atoms with Crippen LogP contribution in [-0.2, 0) is 4.74 Å². The lowest BCUT2D eigenvalue weighted by molar-refractivity contribution is -0.168. The summed E-state index contributed by atoms with van der Waals surface area (Å²) in [5.74, 6) is 0.860. The van der Waals surface area contributed by atoms with Crippen LogP contribution in [0.4, 0.5) is 0 Å². The van der Waals surface area contributed by atoms with Crippen LogP contribution in [0.5, 0.6) is 0 Å². The molecule has 2 unspecified atom stereocenters. The van der Waals surface area contributed by atoms with Crippen molar-refractivity contribution in [3.63, 3.8) is 0 Å². The van der Waals surface area contributed by atoms with E-state index in [4.69, 9.17) is 4.74 Å². The Morgan fingerprint density at radius 3 is 2.48 bits per heavy atom. The fourth-order valence-corrected chi connectivity index (χ4v) is 4.54. The van der Waals surface area contributed by atoms with Crippen LogP contribution in [0.2, 0.25) is 0 Å². The van der Waals surface area contributed by atoms with Gasteiger partial charge in [0.15, 0.2) is 5.96 Å². The maximum absolute atomic E-state index is 10.5. The molecule has 0 amide bonds. The quantitative estimate of drug-likeness (QED) is 0.518. The standard InChI is InChI=1S/C18H33N3O2/c1-3-19-16(20-13-17(22)8-5-6-9-17)21-14-12-15(23-4-2)18(14)10-7-11-18/h14-15,22H,3-13H2,1-2H3,(H2,19,20,21). The molecule has 0 saturated heterocycles. The molecule has 5 nitrogen and oxygen atoms in total. The Hall–Kier alpha value is -0.810. The van der Waals surface area contributed by atoms with E-state index in [2.05, 4.69) is 29.5 Å². The summed E-state index contributed by atoms with van der Waals surface area (Å²) in [6.45, 7) is 6.33. The van der Waals surface area contributed by atoms with Crippen LogP contribution in [0.1, 0.15) is 65.2 Å². The highest BCUT2D eigenvalue weighted by Gasteiger charge is 2.59. The first-order valence-corrected chi connectivity index (χ1v) is 9.51. The number of nitrogens with one attached hydrogen (secondary N) is 2. The van der Waals surface area contributed by atoms with Gasteiger partial charge in [-0.3, -0.25) is 4.99 Å². The highest BCUT2D eigenvalue weighted by atomic mass is 16.5. The van der Waals surface area contributed by atoms with Gasteiger partial charge in [-0.05, 0) is 46.0 Å². The summed E-state index contributed by atoms with van der Waals surface area (Å²) in [5.41, 5.74) is -0.250. The molecule has 23 heavy (non-hydrogen) atoms. The maximum Gasteiger partial charge on any atom is 0.191 e. The van der Waals surface area contributed by atoms with Gasteiger partial charge in [0.05, 0.1) is 18.2 Å². The Morgan fingerprint density at radius 2 is 1.91 bits per heavy atom. The molecule has 0 aromatic heterocycles. The lowest BCUT2D eigenvalue weighted by Gasteiger charge is -2.61. The number of nitrogens with zero attached hydrogens (tertiary/aromatic N) is 1. The normalized spacial score (nSPS) is 31.5. The topological polar surface area (TPSA) is 65.9 Å². The maximum atomic E-state index is 10.5. The van der Waals surface area contributed by atoms with E-state index in [-0.39, 0.29) is 0 Å². The fraction of sp³-hybridized carbons (Fsp3) is 0.944. The van der Waals surface area contributed by atoms with Crippen LogP contribution < -0.4 is 10.6 Å². The monoisotopic (exact) mass is 323 g/mol. The van der Waals surface area contributed by atoms with E-state index in [1.54, 1.807) is 0 Å². The third kappa shape index (κ3) is 3.36. The van der Waals surface area contributed by atoms with Crippen molar-refractivity contribution in [2.75, 3.05) is 19.7 Å². The third-order valence-electron chi connectivity index (χ3n) is 6.16. The average molecular weight is 323 g/mol. The van der Waals surface area contributed by atoms with Crippen molar-refractivity contribution in [3.05, 3.63) is 0 Å². The molecule has 0 heterocycles. The fourth-order valence-electron chi connectivity index (χ4n) is 4.54. The second kappa shape index (κ2) is 6.98. The van der Waals surface area contributed by atoms with Gasteiger partial charge >= 0.3 is 0 Å². The van der Waals surface area contributed by atoms with Crippen LogP contribution in [0, 0.1) is 5.41 Å². The molecule has 3 aliphatic carbocycles. The van der Waals surface area contributed by atoms with Gasteiger partial charge in [-0.1, -0.05) is 19.3 Å². The van der Waals surface area contributed by atoms with E-state index in [1.807, 2.05) is 0 Å². The molecular weight excluding hydrogens is 290 g/mol. The van der Waals surface area contributed by atoms with Crippen LogP contribution in [-0.4, -0.2) is 48.5 Å². The van der Waals surface area contributed by atoms with Crippen molar-refractivity contribution in [2.45, 2.75) is 83.0 Å². The first-order chi connectivity index (χ1) is 11.1. The van der Waals surface area contributed by atoms with Gasteiger partial charge in [0.25, 0.3) is 0 Å². The second-order valence-corrected chi connectivity index (χ2v) is 7.59. The van der Waals surface area contributed by atoms with E-state index >= 15 is 0 Å². The highest BCUT2D eigenvalue weighted by Crippen LogP contribution is 2.57. The molecule has 5 heteroatoms. The molecule has 132 valence electrons. The third-order valence-corrected chi connectivity index (χ3v) is 6.16. The molecule has 3 saturated carbocycles. The number of aliphatic imine (C=N–C) groups is 1. The molecule has 0 aromatic carbocycles. The minimum Gasteiger partial charge on any atom is -0.388 e. The molecule has 0 radical (unpaired) electrons. The van der Waals surface area contributed by atoms with Gasteiger partial charge < -0.3 is 20.5 Å². The first kappa shape index (κ1) is 17.0. The SMILES string of the molecule is CCNC(=NCC1(O)CCCC1)NC1CC(OCC)C12CCC2. The van der Waals surface area contributed by atoms with E-state index in [9.17, 15) is 5.11 Å². The van der Waals surface area contributed by atoms with Crippen molar-refractivity contribution in [1.82, 2.24) is 10.6 Å². The first-order valence-electron chi connectivity index (χ1n) is 9.51. The van der Waals surface area contributed by atoms with Crippen molar-refractivity contribution in [1.29, 1.82) is 0 Å². The summed E-state index contributed by atoms with van der Waals surface area (Å²) in [4.78, 5) is 4.69. The van der Waals surface area contributed by atoms with Gasteiger partial charge in [-0.2, -0.15) is 0 Å². The predicted octanol–water partition coefficient (Wildman–Crippen LogP) is 2.19. The second-order valence-electron chi connectivity index (χ2n) is 7.59. The Morgan fingerprint density at radius 1 is 1.17 bits per heavy atom. The van der Waals surface area contributed by atoms with Gasteiger partial charge in [0.2, 0.25) is 0 Å². The molecule has 0 aromatic rings. The largest absolute Gasteiger partial charge is 0.388 e. The molecule has 0 aliphatic heterocycles. The molecule has 0 bridgehead atoms. The van der Waals surface area contributed by atoms with E-state index in [0.29, 0.717) is 24.1 Å². The van der Waals surface area contributed by atoms with Gasteiger partial charge in [0.1, 0.15) is 0 Å². The Kier molecular flexibility index (Phi) is 5.16. The van der Waals surface area contributed by atoms with Gasteiger partial charge in [-0.15, -0.1) is 0 Å².